The Labute approximate surface area is 59.6 Å². The summed E-state index contributed by atoms with van der Waals surface area (Å²) < 4.78 is 10.4. The number of rotatable bonds is 3. The van der Waals surface area contributed by atoms with Gasteiger partial charge in [0.05, 0.1) is 6.07 Å². The van der Waals surface area contributed by atoms with E-state index in [0.29, 0.717) is 6.42 Å². The normalized spacial score (nSPS) is 11.5. The summed E-state index contributed by atoms with van der Waals surface area (Å²) in [5, 5.41) is 8.19. The van der Waals surface area contributed by atoms with E-state index < -0.39 is 7.60 Å². The molecule has 2 N–H and O–H groups in total. The van der Waals surface area contributed by atoms with E-state index in [4.69, 9.17) is 15.0 Å². The molecule has 0 bridgehead atoms. The van der Waals surface area contributed by atoms with Crippen LogP contribution in [0.15, 0.2) is 0 Å². The Bertz CT molecular complexity index is 180. The number of nitrogens with zero attached hydrogens (tertiary/aromatic N) is 1. The molecular weight excluding hydrogens is 153 g/mol. The fourth-order valence-electron chi connectivity index (χ4n) is 0.434. The molecule has 0 saturated carbocycles. The van der Waals surface area contributed by atoms with Crippen LogP contribution in [0.2, 0.25) is 0 Å². The molecule has 0 spiro atoms. The highest BCUT2D eigenvalue weighted by molar-refractivity contribution is 7.55. The molecule has 0 aromatic rings. The Morgan fingerprint density at radius 2 is 2.20 bits per heavy atom. The van der Waals surface area contributed by atoms with Crippen LogP contribution < -0.4 is 0 Å². The van der Waals surface area contributed by atoms with E-state index in [1.54, 1.807) is 0 Å². The molecule has 0 aliphatic rings. The van der Waals surface area contributed by atoms with Gasteiger partial charge in [-0.15, -0.1) is 0 Å². The third-order valence-corrected chi connectivity index (χ3v) is 1.92. The lowest BCUT2D eigenvalue weighted by Crippen LogP contribution is -1.94. The molecular formula is C5H8NO3P. The second-order valence-corrected chi connectivity index (χ2v) is 3.33. The monoisotopic (exact) mass is 161 g/mol. The summed E-state index contributed by atoms with van der Waals surface area (Å²) in [5.41, 5.74) is -0.387. The maximum atomic E-state index is 10.4. The van der Waals surface area contributed by atoms with Crippen molar-refractivity contribution in [2.75, 3.05) is 0 Å². The van der Waals surface area contributed by atoms with Gasteiger partial charge < -0.3 is 9.79 Å². The van der Waals surface area contributed by atoms with Crippen molar-refractivity contribution in [3.8, 4) is 6.07 Å². The Kier molecular flexibility index (Phi) is 3.59. The second-order valence-electron chi connectivity index (χ2n) is 1.71. The molecule has 10 heavy (non-hydrogen) atoms. The highest BCUT2D eigenvalue weighted by atomic mass is 31.2. The van der Waals surface area contributed by atoms with Crippen molar-refractivity contribution in [3.63, 3.8) is 0 Å². The molecule has 2 radical (unpaired) electrons. The third kappa shape index (κ3) is 2.98. The van der Waals surface area contributed by atoms with Gasteiger partial charge in [0.15, 0.2) is 5.66 Å². The number of hydrogen-bond acceptors (Lipinski definition) is 2. The predicted molar refractivity (Wildman–Crippen MR) is 35.5 cm³/mol. The first-order chi connectivity index (χ1) is 4.52. The van der Waals surface area contributed by atoms with Gasteiger partial charge in [-0.3, -0.25) is 4.57 Å². The molecule has 0 aliphatic heterocycles. The first-order valence-electron chi connectivity index (χ1n) is 2.63. The molecule has 0 atom stereocenters. The summed E-state index contributed by atoms with van der Waals surface area (Å²) in [7, 11) is -4.28. The van der Waals surface area contributed by atoms with Crippen molar-refractivity contribution >= 4 is 7.60 Å². The molecule has 4 nitrogen and oxygen atoms in total. The molecule has 0 aromatic carbocycles. The van der Waals surface area contributed by atoms with E-state index in [-0.39, 0.29) is 12.1 Å². The van der Waals surface area contributed by atoms with Crippen LogP contribution in [0, 0.1) is 23.9 Å². The van der Waals surface area contributed by atoms with Crippen LogP contribution in [0.4, 0.5) is 0 Å². The molecule has 0 rings (SSSR count). The van der Waals surface area contributed by atoms with Gasteiger partial charge in [-0.25, -0.2) is 0 Å². The zero-order valence-corrected chi connectivity index (χ0v) is 6.21. The van der Waals surface area contributed by atoms with Gasteiger partial charge in [-0.05, 0) is 6.42 Å². The van der Waals surface area contributed by atoms with E-state index in [1.165, 1.54) is 6.07 Å². The predicted octanol–water partition coefficient (Wildman–Crippen LogP) is 0.834. The summed E-state index contributed by atoms with van der Waals surface area (Å²) in [4.78, 5) is 16.9. The SMILES string of the molecule is [CH2]CC[C](C#N)P(=O)(O)O. The van der Waals surface area contributed by atoms with E-state index >= 15 is 0 Å². The smallest absolute Gasteiger partial charge is 0.323 e. The van der Waals surface area contributed by atoms with Crippen LogP contribution >= 0.6 is 7.60 Å². The summed E-state index contributed by atoms with van der Waals surface area (Å²) in [6.07, 6.45) is 0.398. The second kappa shape index (κ2) is 3.72. The lowest BCUT2D eigenvalue weighted by atomic mass is 10.3. The van der Waals surface area contributed by atoms with Gasteiger partial charge in [0.1, 0.15) is 0 Å². The Morgan fingerprint density at radius 1 is 1.70 bits per heavy atom. The molecule has 0 saturated heterocycles. The molecule has 5 heteroatoms. The molecule has 0 unspecified atom stereocenters. The third-order valence-electron chi connectivity index (χ3n) is 0.894. The largest absolute Gasteiger partial charge is 0.348 e. The summed E-state index contributed by atoms with van der Waals surface area (Å²) in [6, 6.07) is 1.46. The minimum absolute atomic E-state index is 0.0702. The maximum absolute atomic E-state index is 10.4. The van der Waals surface area contributed by atoms with Gasteiger partial charge >= 0.3 is 7.60 Å². The van der Waals surface area contributed by atoms with E-state index in [9.17, 15) is 4.57 Å². The number of hydrogen-bond donors (Lipinski definition) is 2. The molecule has 0 heterocycles. The quantitative estimate of drug-likeness (QED) is 0.600. The van der Waals surface area contributed by atoms with E-state index in [0.717, 1.165) is 0 Å². The highest BCUT2D eigenvalue weighted by Crippen LogP contribution is 2.48. The zero-order valence-electron chi connectivity index (χ0n) is 5.32. The summed E-state index contributed by atoms with van der Waals surface area (Å²) in [6.45, 7) is 3.37. The summed E-state index contributed by atoms with van der Waals surface area (Å²) in [5.74, 6) is 0. The van der Waals surface area contributed by atoms with Crippen LogP contribution in [0.5, 0.6) is 0 Å². The summed E-state index contributed by atoms with van der Waals surface area (Å²) >= 11 is 0. The Morgan fingerprint density at radius 3 is 2.30 bits per heavy atom. The zero-order chi connectivity index (χ0) is 8.20. The van der Waals surface area contributed by atoms with Crippen molar-refractivity contribution in [1.82, 2.24) is 0 Å². The van der Waals surface area contributed by atoms with Crippen LogP contribution in [0.1, 0.15) is 12.8 Å². The highest BCUT2D eigenvalue weighted by Gasteiger charge is 2.28. The van der Waals surface area contributed by atoms with E-state index in [2.05, 4.69) is 6.92 Å². The van der Waals surface area contributed by atoms with Gasteiger partial charge in [0.25, 0.3) is 0 Å². The lowest BCUT2D eigenvalue weighted by molar-refractivity contribution is 0.375. The van der Waals surface area contributed by atoms with Crippen molar-refractivity contribution in [2.24, 2.45) is 0 Å². The van der Waals surface area contributed by atoms with Gasteiger partial charge in [-0.2, -0.15) is 5.26 Å². The topological polar surface area (TPSA) is 81.3 Å². The minimum atomic E-state index is -4.28. The van der Waals surface area contributed by atoms with Crippen LogP contribution in [-0.4, -0.2) is 9.79 Å². The van der Waals surface area contributed by atoms with Gasteiger partial charge in [0, 0.05) is 0 Å². The Balaban J connectivity index is 4.12. The first kappa shape index (κ1) is 9.64. The average molecular weight is 161 g/mol. The van der Waals surface area contributed by atoms with Crippen molar-refractivity contribution in [3.05, 3.63) is 12.6 Å². The fraction of sp³-hybridized carbons (Fsp3) is 0.400. The van der Waals surface area contributed by atoms with Crippen LogP contribution in [-0.2, 0) is 4.57 Å². The van der Waals surface area contributed by atoms with Crippen LogP contribution in [0.3, 0.4) is 0 Å². The van der Waals surface area contributed by atoms with Gasteiger partial charge in [0.2, 0.25) is 0 Å². The molecule has 0 fully saturated rings. The van der Waals surface area contributed by atoms with Crippen molar-refractivity contribution in [2.45, 2.75) is 12.8 Å². The maximum Gasteiger partial charge on any atom is 0.348 e. The van der Waals surface area contributed by atoms with E-state index in [1.807, 2.05) is 0 Å². The molecule has 56 valence electrons. The van der Waals surface area contributed by atoms with Crippen molar-refractivity contribution < 1.29 is 14.4 Å². The average Bonchev–Trinajstić information content (AvgIpc) is 1.80. The van der Waals surface area contributed by atoms with Crippen molar-refractivity contribution in [1.29, 1.82) is 5.26 Å². The lowest BCUT2D eigenvalue weighted by Gasteiger charge is -2.06. The molecule has 0 amide bonds. The number of nitriles is 1. The first-order valence-corrected chi connectivity index (χ1v) is 4.25. The minimum Gasteiger partial charge on any atom is -0.323 e. The van der Waals surface area contributed by atoms with Crippen LogP contribution in [0.25, 0.3) is 0 Å². The molecule has 0 aliphatic carbocycles. The Hall–Kier alpha value is -0.360. The van der Waals surface area contributed by atoms with Gasteiger partial charge in [-0.1, -0.05) is 13.3 Å². The standard InChI is InChI=1S/C5H8NO3P/c1-2-3-5(4-6)10(7,8)9/h1-3H2,(H2,7,8,9). The molecule has 0 aromatic heterocycles. The fourth-order valence-corrected chi connectivity index (χ4v) is 1.01.